The number of aromatic hydroxyl groups is 1. The van der Waals surface area contributed by atoms with Gasteiger partial charge in [-0.3, -0.25) is 0 Å². The first-order valence-corrected chi connectivity index (χ1v) is 4.84. The van der Waals surface area contributed by atoms with Crippen molar-refractivity contribution in [2.45, 2.75) is 10.4 Å². The van der Waals surface area contributed by atoms with E-state index < -0.39 is 33.7 Å². The molecule has 1 aromatic carbocycles. The molecule has 0 saturated carbocycles. The van der Waals surface area contributed by atoms with Crippen molar-refractivity contribution in [1.29, 1.82) is 0 Å². The van der Waals surface area contributed by atoms with Gasteiger partial charge in [0, 0.05) is 4.90 Å². The van der Waals surface area contributed by atoms with Gasteiger partial charge in [0.25, 0.3) is 0 Å². The van der Waals surface area contributed by atoms with Crippen LogP contribution >= 0.6 is 27.7 Å². The molecule has 0 spiro atoms. The first kappa shape index (κ1) is 11.6. The highest BCUT2D eigenvalue weighted by Crippen LogP contribution is 2.40. The zero-order valence-electron chi connectivity index (χ0n) is 6.40. The maximum absolute atomic E-state index is 12.8. The lowest BCUT2D eigenvalue weighted by atomic mass is 10.3. The molecule has 0 bridgehead atoms. The molecule has 0 fully saturated rings. The molecular weight excluding hydrogens is 288 g/mol. The summed E-state index contributed by atoms with van der Waals surface area (Å²) in [6.45, 7) is 0. The number of halogens is 5. The average Bonchev–Trinajstić information content (AvgIpc) is 1.96. The number of benzene rings is 1. The first-order valence-electron chi connectivity index (χ1n) is 3.23. The molecule has 7 heteroatoms. The van der Waals surface area contributed by atoms with E-state index in [9.17, 15) is 17.6 Å². The van der Waals surface area contributed by atoms with Crippen LogP contribution in [0.3, 0.4) is 0 Å². The molecule has 0 atom stereocenters. The maximum Gasteiger partial charge on any atom is 0.446 e. The van der Waals surface area contributed by atoms with Gasteiger partial charge in [-0.2, -0.15) is 13.2 Å². The van der Waals surface area contributed by atoms with Crippen molar-refractivity contribution in [3.8, 4) is 5.75 Å². The Labute approximate surface area is 89.2 Å². The highest BCUT2D eigenvalue weighted by atomic mass is 79.9. The lowest BCUT2D eigenvalue weighted by Crippen LogP contribution is -1.99. The molecule has 0 aliphatic carbocycles. The van der Waals surface area contributed by atoms with Crippen LogP contribution in [0.2, 0.25) is 0 Å². The summed E-state index contributed by atoms with van der Waals surface area (Å²) in [6, 6.07) is 1.53. The third kappa shape index (κ3) is 3.06. The second kappa shape index (κ2) is 3.98. The van der Waals surface area contributed by atoms with Crippen molar-refractivity contribution in [3.05, 3.63) is 22.4 Å². The fourth-order valence-corrected chi connectivity index (χ4v) is 1.57. The molecule has 1 nitrogen and oxygen atoms in total. The zero-order valence-corrected chi connectivity index (χ0v) is 8.80. The van der Waals surface area contributed by atoms with Gasteiger partial charge in [0.05, 0.1) is 4.47 Å². The van der Waals surface area contributed by atoms with Crippen molar-refractivity contribution in [2.24, 2.45) is 0 Å². The SMILES string of the molecule is Oc1cc(SC(F)(F)F)cc(F)c1Br. The van der Waals surface area contributed by atoms with Crippen LogP contribution in [-0.4, -0.2) is 10.6 Å². The van der Waals surface area contributed by atoms with E-state index in [1.165, 1.54) is 0 Å². The summed E-state index contributed by atoms with van der Waals surface area (Å²) in [4.78, 5) is -0.393. The predicted octanol–water partition coefficient (Wildman–Crippen LogP) is 3.91. The topological polar surface area (TPSA) is 20.2 Å². The number of alkyl halides is 3. The van der Waals surface area contributed by atoms with E-state index in [-0.39, 0.29) is 4.47 Å². The third-order valence-electron chi connectivity index (χ3n) is 1.22. The summed E-state index contributed by atoms with van der Waals surface area (Å²) in [6.07, 6.45) is 0. The highest BCUT2D eigenvalue weighted by Gasteiger charge is 2.29. The van der Waals surface area contributed by atoms with E-state index in [0.29, 0.717) is 6.07 Å². The fraction of sp³-hybridized carbons (Fsp3) is 0.143. The van der Waals surface area contributed by atoms with Gasteiger partial charge in [-0.05, 0) is 39.8 Å². The van der Waals surface area contributed by atoms with Crippen molar-refractivity contribution in [1.82, 2.24) is 0 Å². The lowest BCUT2D eigenvalue weighted by Gasteiger charge is -2.06. The van der Waals surface area contributed by atoms with Crippen LogP contribution in [-0.2, 0) is 0 Å². The Morgan fingerprint density at radius 2 is 1.86 bits per heavy atom. The van der Waals surface area contributed by atoms with Crippen LogP contribution in [0.4, 0.5) is 17.6 Å². The standard InChI is InChI=1S/C7H3BrF4OS/c8-6-4(9)1-3(2-5(6)13)14-7(10,11)12/h1-2,13H. The molecule has 0 unspecified atom stereocenters. The number of thioether (sulfide) groups is 1. The van der Waals surface area contributed by atoms with E-state index in [2.05, 4.69) is 15.9 Å². The summed E-state index contributed by atoms with van der Waals surface area (Å²) in [5, 5.41) is 9.01. The second-order valence-corrected chi connectivity index (χ2v) is 4.22. The van der Waals surface area contributed by atoms with Gasteiger partial charge in [-0.15, -0.1) is 0 Å². The fourth-order valence-electron chi connectivity index (χ4n) is 0.743. The Morgan fingerprint density at radius 3 is 2.29 bits per heavy atom. The minimum absolute atomic E-state index is 0.246. The number of phenols is 1. The Hall–Kier alpha value is -0.430. The van der Waals surface area contributed by atoms with Crippen molar-refractivity contribution < 1.29 is 22.7 Å². The first-order chi connectivity index (χ1) is 6.29. The molecule has 1 N–H and O–H groups in total. The Kier molecular flexibility index (Phi) is 3.31. The Bertz CT molecular complexity index is 329. The molecule has 1 rings (SSSR count). The Morgan fingerprint density at radius 1 is 1.29 bits per heavy atom. The summed E-state index contributed by atoms with van der Waals surface area (Å²) in [5.41, 5.74) is -4.49. The van der Waals surface area contributed by atoms with E-state index in [1.807, 2.05) is 0 Å². The largest absolute Gasteiger partial charge is 0.507 e. The van der Waals surface area contributed by atoms with Crippen LogP contribution in [0.1, 0.15) is 0 Å². The van der Waals surface area contributed by atoms with Gasteiger partial charge >= 0.3 is 5.51 Å². The third-order valence-corrected chi connectivity index (χ3v) is 2.70. The molecule has 78 valence electrons. The summed E-state index contributed by atoms with van der Waals surface area (Å²) in [5.74, 6) is -1.49. The van der Waals surface area contributed by atoms with Crippen LogP contribution in [0.5, 0.6) is 5.75 Å². The summed E-state index contributed by atoms with van der Waals surface area (Å²) in [7, 11) is 0. The molecule has 0 aliphatic heterocycles. The second-order valence-electron chi connectivity index (χ2n) is 2.29. The molecule has 0 heterocycles. The highest BCUT2D eigenvalue weighted by molar-refractivity contribution is 9.10. The zero-order chi connectivity index (χ0) is 10.9. The van der Waals surface area contributed by atoms with E-state index in [4.69, 9.17) is 5.11 Å². The Balaban J connectivity index is 3.02. The van der Waals surface area contributed by atoms with Crippen LogP contribution in [0.25, 0.3) is 0 Å². The molecular formula is C7H3BrF4OS. The quantitative estimate of drug-likeness (QED) is 0.625. The molecule has 0 amide bonds. The lowest BCUT2D eigenvalue weighted by molar-refractivity contribution is -0.0328. The minimum Gasteiger partial charge on any atom is -0.507 e. The smallest absolute Gasteiger partial charge is 0.446 e. The predicted molar refractivity (Wildman–Crippen MR) is 47.7 cm³/mol. The van der Waals surface area contributed by atoms with Crippen LogP contribution in [0.15, 0.2) is 21.5 Å². The average molecular weight is 291 g/mol. The number of hydrogen-bond donors (Lipinski definition) is 1. The van der Waals surface area contributed by atoms with Gasteiger partial charge in [0.1, 0.15) is 11.6 Å². The van der Waals surface area contributed by atoms with E-state index in [1.54, 1.807) is 0 Å². The molecule has 1 aromatic rings. The molecule has 0 aromatic heterocycles. The number of rotatable bonds is 1. The maximum atomic E-state index is 12.8. The van der Waals surface area contributed by atoms with Gasteiger partial charge < -0.3 is 5.11 Å². The normalized spacial score (nSPS) is 11.8. The van der Waals surface area contributed by atoms with E-state index in [0.717, 1.165) is 6.07 Å². The molecule has 0 aliphatic rings. The van der Waals surface area contributed by atoms with Crippen molar-refractivity contribution in [3.63, 3.8) is 0 Å². The van der Waals surface area contributed by atoms with E-state index >= 15 is 0 Å². The van der Waals surface area contributed by atoms with Gasteiger partial charge in [0.2, 0.25) is 0 Å². The molecule has 0 radical (unpaired) electrons. The van der Waals surface area contributed by atoms with Crippen LogP contribution in [0, 0.1) is 5.82 Å². The van der Waals surface area contributed by atoms with Gasteiger partial charge in [-0.1, -0.05) is 0 Å². The van der Waals surface area contributed by atoms with Crippen LogP contribution < -0.4 is 0 Å². The molecule has 14 heavy (non-hydrogen) atoms. The monoisotopic (exact) mass is 290 g/mol. The molecule has 0 saturated heterocycles. The van der Waals surface area contributed by atoms with Crippen molar-refractivity contribution >= 4 is 27.7 Å². The summed E-state index contributed by atoms with van der Waals surface area (Å²) >= 11 is 2.19. The van der Waals surface area contributed by atoms with Gasteiger partial charge in [0.15, 0.2) is 0 Å². The summed E-state index contributed by atoms with van der Waals surface area (Å²) < 4.78 is 48.1. The minimum atomic E-state index is -4.49. The van der Waals surface area contributed by atoms with Gasteiger partial charge in [-0.25, -0.2) is 4.39 Å². The van der Waals surface area contributed by atoms with Crippen molar-refractivity contribution in [2.75, 3.05) is 0 Å². The number of phenolic OH excluding ortho intramolecular Hbond substituents is 1. The number of hydrogen-bond acceptors (Lipinski definition) is 2.